The van der Waals surface area contributed by atoms with Crippen molar-refractivity contribution in [3.63, 3.8) is 0 Å². The number of nitrogens with zero attached hydrogens (tertiary/aromatic N) is 2. The third-order valence-electron chi connectivity index (χ3n) is 3.48. The van der Waals surface area contributed by atoms with E-state index in [2.05, 4.69) is 31.2 Å². The first-order chi connectivity index (χ1) is 9.65. The monoisotopic (exact) mass is 335 g/mol. The van der Waals surface area contributed by atoms with Gasteiger partial charge in [0.15, 0.2) is 0 Å². The Hall–Kier alpha value is -1.53. The molecule has 3 heterocycles. The standard InChI is InChI=1S/C14H14BrN3O2/c1-8-11(4-5-20-8)18-14(19)12-3-2-9-6-16-7-10(15)13(9)17-12/h2-3,6-8,11H,4-5H2,1H3,(H,18,19). The molecular formula is C14H14BrN3O2. The zero-order chi connectivity index (χ0) is 14.1. The van der Waals surface area contributed by atoms with Crippen molar-refractivity contribution in [3.8, 4) is 0 Å². The van der Waals surface area contributed by atoms with Gasteiger partial charge in [-0.3, -0.25) is 9.78 Å². The molecule has 0 aliphatic carbocycles. The summed E-state index contributed by atoms with van der Waals surface area (Å²) in [5.74, 6) is -0.169. The highest BCUT2D eigenvalue weighted by Crippen LogP contribution is 2.21. The predicted octanol–water partition coefficient (Wildman–Crippen LogP) is 2.30. The molecule has 2 aromatic rings. The molecule has 0 bridgehead atoms. The molecule has 6 heteroatoms. The lowest BCUT2D eigenvalue weighted by Gasteiger charge is -2.15. The van der Waals surface area contributed by atoms with Gasteiger partial charge in [0.25, 0.3) is 5.91 Å². The van der Waals surface area contributed by atoms with Crippen LogP contribution in [0.25, 0.3) is 10.9 Å². The Balaban J connectivity index is 1.86. The summed E-state index contributed by atoms with van der Waals surface area (Å²) in [6.07, 6.45) is 4.29. The normalized spacial score (nSPS) is 22.1. The van der Waals surface area contributed by atoms with Crippen LogP contribution in [0.2, 0.25) is 0 Å². The molecule has 1 N–H and O–H groups in total. The highest BCUT2D eigenvalue weighted by Gasteiger charge is 2.26. The quantitative estimate of drug-likeness (QED) is 0.914. The number of carbonyl (C=O) groups excluding carboxylic acids is 1. The molecule has 20 heavy (non-hydrogen) atoms. The summed E-state index contributed by atoms with van der Waals surface area (Å²) in [4.78, 5) is 20.7. The third kappa shape index (κ3) is 2.53. The lowest BCUT2D eigenvalue weighted by Crippen LogP contribution is -2.39. The lowest BCUT2D eigenvalue weighted by molar-refractivity contribution is 0.0862. The second kappa shape index (κ2) is 5.46. The van der Waals surface area contributed by atoms with Crippen molar-refractivity contribution in [2.75, 3.05) is 6.61 Å². The van der Waals surface area contributed by atoms with E-state index in [9.17, 15) is 4.79 Å². The number of halogens is 1. The van der Waals surface area contributed by atoms with E-state index in [0.717, 1.165) is 21.8 Å². The Morgan fingerprint density at radius 1 is 1.45 bits per heavy atom. The number of ether oxygens (including phenoxy) is 1. The van der Waals surface area contributed by atoms with Gasteiger partial charge in [0, 0.05) is 24.4 Å². The number of amides is 1. The molecule has 1 aliphatic heterocycles. The molecule has 0 aromatic carbocycles. The minimum Gasteiger partial charge on any atom is -0.376 e. The van der Waals surface area contributed by atoms with Crippen molar-refractivity contribution in [1.29, 1.82) is 0 Å². The van der Waals surface area contributed by atoms with Crippen LogP contribution < -0.4 is 5.32 Å². The molecule has 1 aliphatic rings. The molecule has 0 saturated carbocycles. The number of nitrogens with one attached hydrogen (secondary N) is 1. The van der Waals surface area contributed by atoms with Crippen LogP contribution >= 0.6 is 15.9 Å². The predicted molar refractivity (Wildman–Crippen MR) is 78.5 cm³/mol. The smallest absolute Gasteiger partial charge is 0.270 e. The highest BCUT2D eigenvalue weighted by atomic mass is 79.9. The van der Waals surface area contributed by atoms with Crippen molar-refractivity contribution in [1.82, 2.24) is 15.3 Å². The summed E-state index contributed by atoms with van der Waals surface area (Å²) in [5, 5.41) is 3.87. The van der Waals surface area contributed by atoms with Crippen LogP contribution in [0.4, 0.5) is 0 Å². The first kappa shape index (κ1) is 13.5. The molecule has 1 saturated heterocycles. The zero-order valence-electron chi connectivity index (χ0n) is 11.0. The molecule has 0 spiro atoms. The number of aromatic nitrogens is 2. The van der Waals surface area contributed by atoms with E-state index in [0.29, 0.717) is 12.3 Å². The Morgan fingerprint density at radius 2 is 2.30 bits per heavy atom. The van der Waals surface area contributed by atoms with Gasteiger partial charge in [-0.1, -0.05) is 0 Å². The van der Waals surface area contributed by atoms with E-state index in [1.807, 2.05) is 13.0 Å². The van der Waals surface area contributed by atoms with E-state index in [1.54, 1.807) is 18.5 Å². The van der Waals surface area contributed by atoms with Gasteiger partial charge in [0.2, 0.25) is 0 Å². The van der Waals surface area contributed by atoms with Crippen LogP contribution in [0, 0.1) is 0 Å². The van der Waals surface area contributed by atoms with Gasteiger partial charge in [0.1, 0.15) is 5.69 Å². The van der Waals surface area contributed by atoms with Crippen molar-refractivity contribution in [2.45, 2.75) is 25.5 Å². The summed E-state index contributed by atoms with van der Waals surface area (Å²) in [6, 6.07) is 3.62. The van der Waals surface area contributed by atoms with Crippen LogP contribution in [0.3, 0.4) is 0 Å². The second-order valence-electron chi connectivity index (χ2n) is 4.83. The second-order valence-corrected chi connectivity index (χ2v) is 5.69. The van der Waals surface area contributed by atoms with Gasteiger partial charge in [-0.05, 0) is 41.4 Å². The molecular weight excluding hydrogens is 322 g/mol. The molecule has 104 valence electrons. The average Bonchev–Trinajstić information content (AvgIpc) is 2.84. The van der Waals surface area contributed by atoms with E-state index in [-0.39, 0.29) is 18.1 Å². The molecule has 2 atom stereocenters. The molecule has 5 nitrogen and oxygen atoms in total. The van der Waals surface area contributed by atoms with E-state index in [4.69, 9.17) is 4.74 Å². The van der Waals surface area contributed by atoms with Gasteiger partial charge in [-0.2, -0.15) is 0 Å². The highest BCUT2D eigenvalue weighted by molar-refractivity contribution is 9.10. The first-order valence-electron chi connectivity index (χ1n) is 6.48. The summed E-state index contributed by atoms with van der Waals surface area (Å²) >= 11 is 3.40. The lowest BCUT2D eigenvalue weighted by atomic mass is 10.1. The van der Waals surface area contributed by atoms with Crippen LogP contribution in [0.1, 0.15) is 23.8 Å². The SMILES string of the molecule is CC1OCCC1NC(=O)c1ccc2cncc(Br)c2n1. The Labute approximate surface area is 124 Å². The summed E-state index contributed by atoms with van der Waals surface area (Å²) in [7, 11) is 0. The maximum Gasteiger partial charge on any atom is 0.270 e. The number of hydrogen-bond acceptors (Lipinski definition) is 4. The molecule has 2 aromatic heterocycles. The number of pyridine rings is 2. The number of rotatable bonds is 2. The third-order valence-corrected chi connectivity index (χ3v) is 4.06. The molecule has 0 radical (unpaired) electrons. The summed E-state index contributed by atoms with van der Waals surface area (Å²) in [6.45, 7) is 2.66. The first-order valence-corrected chi connectivity index (χ1v) is 7.27. The van der Waals surface area contributed by atoms with Gasteiger partial charge in [-0.15, -0.1) is 0 Å². The van der Waals surface area contributed by atoms with E-state index < -0.39 is 0 Å². The van der Waals surface area contributed by atoms with Crippen LogP contribution in [0.5, 0.6) is 0 Å². The van der Waals surface area contributed by atoms with Gasteiger partial charge in [0.05, 0.1) is 22.1 Å². The zero-order valence-corrected chi connectivity index (χ0v) is 12.6. The molecule has 1 amide bonds. The summed E-state index contributed by atoms with van der Waals surface area (Å²) < 4.78 is 6.22. The van der Waals surface area contributed by atoms with Gasteiger partial charge >= 0.3 is 0 Å². The Bertz CT molecular complexity index is 662. The molecule has 2 unspecified atom stereocenters. The Kier molecular flexibility index (Phi) is 3.67. The fourth-order valence-electron chi connectivity index (χ4n) is 2.30. The van der Waals surface area contributed by atoms with Crippen molar-refractivity contribution in [2.24, 2.45) is 0 Å². The number of hydrogen-bond donors (Lipinski definition) is 1. The largest absolute Gasteiger partial charge is 0.376 e. The van der Waals surface area contributed by atoms with Crippen molar-refractivity contribution in [3.05, 3.63) is 34.7 Å². The van der Waals surface area contributed by atoms with E-state index >= 15 is 0 Å². The van der Waals surface area contributed by atoms with Gasteiger partial charge in [-0.25, -0.2) is 4.98 Å². The Morgan fingerprint density at radius 3 is 3.05 bits per heavy atom. The average molecular weight is 336 g/mol. The summed E-state index contributed by atoms with van der Waals surface area (Å²) in [5.41, 5.74) is 1.15. The number of carbonyl (C=O) groups is 1. The van der Waals surface area contributed by atoms with Crippen molar-refractivity contribution < 1.29 is 9.53 Å². The van der Waals surface area contributed by atoms with Crippen molar-refractivity contribution >= 4 is 32.7 Å². The maximum absolute atomic E-state index is 12.2. The minimum absolute atomic E-state index is 0.0512. The minimum atomic E-state index is -0.169. The van der Waals surface area contributed by atoms with Crippen LogP contribution in [-0.2, 0) is 4.74 Å². The fraction of sp³-hybridized carbons (Fsp3) is 0.357. The maximum atomic E-state index is 12.2. The van der Waals surface area contributed by atoms with E-state index in [1.165, 1.54) is 0 Å². The molecule has 1 fully saturated rings. The number of fused-ring (bicyclic) bond motifs is 1. The van der Waals surface area contributed by atoms with Gasteiger partial charge < -0.3 is 10.1 Å². The topological polar surface area (TPSA) is 64.1 Å². The van der Waals surface area contributed by atoms with Crippen LogP contribution in [-0.4, -0.2) is 34.6 Å². The van der Waals surface area contributed by atoms with Crippen LogP contribution in [0.15, 0.2) is 29.0 Å². The fourth-order valence-corrected chi connectivity index (χ4v) is 2.74. The molecule has 3 rings (SSSR count).